The number of aryl methyl sites for hydroxylation is 2. The zero-order valence-corrected chi connectivity index (χ0v) is 35.3. The number of phenolic OH excluding ortho intramolecular Hbond substituents is 1. The van der Waals surface area contributed by atoms with Crippen LogP contribution in [-0.2, 0) is 16.1 Å². The lowest BCUT2D eigenvalue weighted by molar-refractivity contribution is 0.0686. The topological polar surface area (TPSA) is 175 Å². The number of nitrogens with one attached hydrogen (secondary N) is 1. The average molecular weight is 863 g/mol. The summed E-state index contributed by atoms with van der Waals surface area (Å²) >= 11 is 6.59. The first-order valence-corrected chi connectivity index (χ1v) is 20.6. The summed E-state index contributed by atoms with van der Waals surface area (Å²) in [7, 11) is 1.58. The maximum atomic E-state index is 14.4. The maximum Gasteiger partial charge on any atom is 0.415 e. The predicted molar refractivity (Wildman–Crippen MR) is 235 cm³/mol. The van der Waals surface area contributed by atoms with Crippen LogP contribution in [0.4, 0.5) is 21.0 Å². The molecule has 4 amide bonds. The van der Waals surface area contributed by atoms with Gasteiger partial charge in [-0.1, -0.05) is 48.0 Å². The van der Waals surface area contributed by atoms with E-state index in [1.165, 1.54) is 34.1 Å². The molecular weight excluding hydrogens is 816 g/mol. The highest BCUT2D eigenvalue weighted by Gasteiger charge is 2.37. The first-order valence-electron chi connectivity index (χ1n) is 20.1. The second kappa shape index (κ2) is 19.4. The molecule has 16 heteroatoms. The Bertz CT molecular complexity index is 2600. The highest BCUT2D eigenvalue weighted by Crippen LogP contribution is 2.47. The minimum Gasteiger partial charge on any atom is -0.508 e. The van der Waals surface area contributed by atoms with Gasteiger partial charge in [-0.15, -0.1) is 11.6 Å². The van der Waals surface area contributed by atoms with Gasteiger partial charge in [0.2, 0.25) is 0 Å². The number of carbonyl (C=O) groups excluding carboxylic acids is 4. The number of phenols is 1. The number of aromatic nitrogens is 2. The van der Waals surface area contributed by atoms with Gasteiger partial charge in [0.15, 0.2) is 0 Å². The van der Waals surface area contributed by atoms with Gasteiger partial charge in [0.25, 0.3) is 11.8 Å². The monoisotopic (exact) mass is 862 g/mol. The molecule has 0 saturated carbocycles. The number of ether oxygens (including phenoxy) is 3. The van der Waals surface area contributed by atoms with E-state index >= 15 is 0 Å². The number of halogens is 1. The number of fused-ring (bicyclic) bond motifs is 4. The van der Waals surface area contributed by atoms with Gasteiger partial charge in [-0.3, -0.25) is 9.59 Å². The van der Waals surface area contributed by atoms with Gasteiger partial charge in [0.05, 0.1) is 31.2 Å². The van der Waals surface area contributed by atoms with Crippen molar-refractivity contribution in [1.29, 1.82) is 0 Å². The van der Waals surface area contributed by atoms with E-state index in [9.17, 15) is 29.4 Å². The Balaban J connectivity index is 1.12. The number of aliphatic hydroxyl groups excluding tert-OH is 1. The SMILES string of the molecule is Cc1ccc(COC(=O)N(C)CCN(CCOCCO)C(=O)Oc2cc3c(c4c(C)cccc24)[C@H](CCl)CN3C(=O)c2cn3cc(NC(=O)c4ccc(O)cc4)ccc3n2)cc1. The summed E-state index contributed by atoms with van der Waals surface area (Å²) in [6.45, 7) is 4.57. The zero-order chi connectivity index (χ0) is 43.9. The van der Waals surface area contributed by atoms with Crippen molar-refractivity contribution in [1.82, 2.24) is 19.2 Å². The number of nitrogens with zero attached hydrogens (tertiary/aromatic N) is 5. The number of alkyl halides is 1. The van der Waals surface area contributed by atoms with Crippen LogP contribution in [-0.4, -0.2) is 112 Å². The number of aromatic hydroxyl groups is 1. The van der Waals surface area contributed by atoms with E-state index in [1.54, 1.807) is 46.9 Å². The number of hydrogen-bond acceptors (Lipinski definition) is 10. The number of rotatable bonds is 15. The smallest absolute Gasteiger partial charge is 0.415 e. The molecule has 0 bridgehead atoms. The van der Waals surface area contributed by atoms with E-state index in [0.29, 0.717) is 28.0 Å². The van der Waals surface area contributed by atoms with Gasteiger partial charge >= 0.3 is 12.2 Å². The predicted octanol–water partition coefficient (Wildman–Crippen LogP) is 7.12. The first kappa shape index (κ1) is 43.4. The fourth-order valence-corrected chi connectivity index (χ4v) is 7.56. The minimum absolute atomic E-state index is 0.0476. The molecule has 1 atom stereocenters. The van der Waals surface area contributed by atoms with Crippen LogP contribution in [0.2, 0.25) is 0 Å². The molecule has 0 unspecified atom stereocenters. The molecule has 1 aliphatic heterocycles. The fourth-order valence-electron chi connectivity index (χ4n) is 7.31. The number of imidazole rings is 1. The quantitative estimate of drug-likeness (QED) is 0.0712. The molecule has 0 radical (unpaired) electrons. The van der Waals surface area contributed by atoms with Crippen molar-refractivity contribution in [2.45, 2.75) is 26.4 Å². The molecule has 3 N–H and O–H groups in total. The molecule has 6 aromatic rings. The number of amides is 4. The van der Waals surface area contributed by atoms with Crippen molar-refractivity contribution >= 4 is 63.4 Å². The molecule has 4 aromatic carbocycles. The van der Waals surface area contributed by atoms with Crippen LogP contribution < -0.4 is 15.0 Å². The summed E-state index contributed by atoms with van der Waals surface area (Å²) in [6.07, 6.45) is 1.97. The van der Waals surface area contributed by atoms with Crippen molar-refractivity contribution in [3.05, 3.63) is 131 Å². The first-order chi connectivity index (χ1) is 29.9. The summed E-state index contributed by atoms with van der Waals surface area (Å²) in [5, 5.41) is 23.1. The number of anilines is 2. The summed E-state index contributed by atoms with van der Waals surface area (Å²) < 4.78 is 18.8. The Morgan fingerprint density at radius 1 is 0.919 bits per heavy atom. The van der Waals surface area contributed by atoms with Crippen molar-refractivity contribution in [2.24, 2.45) is 0 Å². The summed E-state index contributed by atoms with van der Waals surface area (Å²) in [5.74, 6) is -0.535. The van der Waals surface area contributed by atoms with E-state index in [-0.39, 0.29) is 87.5 Å². The normalized spacial score (nSPS) is 13.2. The Morgan fingerprint density at radius 2 is 1.69 bits per heavy atom. The highest BCUT2D eigenvalue weighted by molar-refractivity contribution is 6.19. The lowest BCUT2D eigenvalue weighted by atomic mass is 9.92. The van der Waals surface area contributed by atoms with Crippen LogP contribution >= 0.6 is 11.6 Å². The standard InChI is InChI=1S/C46H47ClN6O9/c1-29-7-9-31(10-8-29)28-61-45(58)50(3)17-18-51(19-21-60-22-20-54)46(59)62-39-23-38-42(41-30(2)5-4-6-36(39)41)33(24-47)25-53(38)44(57)37-27-52-26-34(13-16-40(52)49-37)48-43(56)32-11-14-35(55)15-12-32/h4-16,23,26-27,33,54-55H,17-22,24-25,28H2,1-3H3,(H,48,56)/t33-/m1/s1. The van der Waals surface area contributed by atoms with Gasteiger partial charge in [0.1, 0.15) is 29.4 Å². The van der Waals surface area contributed by atoms with Crippen LogP contribution in [0.1, 0.15) is 49.0 Å². The van der Waals surface area contributed by atoms with Crippen LogP contribution in [0, 0.1) is 13.8 Å². The molecule has 0 saturated heterocycles. The number of hydrogen-bond donors (Lipinski definition) is 3. The molecule has 3 heterocycles. The van der Waals surface area contributed by atoms with Gasteiger partial charge in [-0.25, -0.2) is 14.6 Å². The Hall–Kier alpha value is -6.68. The number of pyridine rings is 1. The van der Waals surface area contributed by atoms with Gasteiger partial charge in [-0.05, 0) is 72.3 Å². The fraction of sp³-hybridized carbons (Fsp3) is 0.283. The Morgan fingerprint density at radius 3 is 2.44 bits per heavy atom. The van der Waals surface area contributed by atoms with Gasteiger partial charge < -0.3 is 48.8 Å². The van der Waals surface area contributed by atoms with E-state index in [0.717, 1.165) is 27.6 Å². The van der Waals surface area contributed by atoms with E-state index in [2.05, 4.69) is 10.3 Å². The number of benzene rings is 4. The number of aliphatic hydroxyl groups is 1. The van der Waals surface area contributed by atoms with Crippen LogP contribution in [0.15, 0.2) is 97.3 Å². The second-order valence-corrected chi connectivity index (χ2v) is 15.3. The number of carbonyl (C=O) groups is 4. The third-order valence-electron chi connectivity index (χ3n) is 10.6. The van der Waals surface area contributed by atoms with Gasteiger partial charge in [0, 0.05) is 74.4 Å². The van der Waals surface area contributed by atoms with Crippen molar-refractivity contribution < 1.29 is 43.6 Å². The molecule has 0 aliphatic carbocycles. The minimum atomic E-state index is -0.708. The number of likely N-dealkylation sites (N-methyl/N-ethyl adjacent to an activating group) is 1. The Labute approximate surface area is 363 Å². The second-order valence-electron chi connectivity index (χ2n) is 15.0. The zero-order valence-electron chi connectivity index (χ0n) is 34.5. The molecular formula is C46H47ClN6O9. The van der Waals surface area contributed by atoms with E-state index in [4.69, 9.17) is 25.8 Å². The lowest BCUT2D eigenvalue weighted by Crippen LogP contribution is -2.42. The molecule has 15 nitrogen and oxygen atoms in total. The largest absolute Gasteiger partial charge is 0.508 e. The molecule has 322 valence electrons. The van der Waals surface area contributed by atoms with E-state index in [1.807, 2.05) is 56.3 Å². The lowest BCUT2D eigenvalue weighted by Gasteiger charge is -2.26. The van der Waals surface area contributed by atoms with Crippen LogP contribution in [0.3, 0.4) is 0 Å². The van der Waals surface area contributed by atoms with Crippen LogP contribution in [0.5, 0.6) is 11.5 Å². The van der Waals surface area contributed by atoms with Crippen molar-refractivity contribution in [3.8, 4) is 11.5 Å². The summed E-state index contributed by atoms with van der Waals surface area (Å²) in [6, 6.07) is 24.3. The molecule has 0 fully saturated rings. The van der Waals surface area contributed by atoms with Crippen LogP contribution in [0.25, 0.3) is 16.4 Å². The van der Waals surface area contributed by atoms with Crippen molar-refractivity contribution in [2.75, 3.05) is 69.1 Å². The van der Waals surface area contributed by atoms with E-state index < -0.39 is 18.1 Å². The Kier molecular flexibility index (Phi) is 13.6. The molecule has 0 spiro atoms. The third-order valence-corrected chi connectivity index (χ3v) is 11.0. The molecule has 2 aromatic heterocycles. The summed E-state index contributed by atoms with van der Waals surface area (Å²) in [5.41, 5.74) is 5.66. The molecule has 7 rings (SSSR count). The third kappa shape index (κ3) is 9.76. The molecule has 1 aliphatic rings. The van der Waals surface area contributed by atoms with Crippen molar-refractivity contribution in [3.63, 3.8) is 0 Å². The summed E-state index contributed by atoms with van der Waals surface area (Å²) in [4.78, 5) is 63.2. The highest BCUT2D eigenvalue weighted by atomic mass is 35.5. The average Bonchev–Trinajstić information content (AvgIpc) is 3.87. The maximum absolute atomic E-state index is 14.4. The molecule has 62 heavy (non-hydrogen) atoms. The van der Waals surface area contributed by atoms with Gasteiger partial charge in [-0.2, -0.15) is 0 Å².